The first-order valence-electron chi connectivity index (χ1n) is 7.17. The van der Waals surface area contributed by atoms with Crippen LogP contribution in [0, 0.1) is 5.92 Å². The van der Waals surface area contributed by atoms with Gasteiger partial charge in [0.05, 0.1) is 16.0 Å². The van der Waals surface area contributed by atoms with Gasteiger partial charge < -0.3 is 0 Å². The van der Waals surface area contributed by atoms with Gasteiger partial charge in [-0.2, -0.15) is 0 Å². The van der Waals surface area contributed by atoms with Gasteiger partial charge in [0.1, 0.15) is 0 Å². The van der Waals surface area contributed by atoms with E-state index < -0.39 is 0 Å². The lowest BCUT2D eigenvalue weighted by Crippen LogP contribution is -2.10. The molecule has 3 rings (SSSR count). The Balaban J connectivity index is 2.44. The van der Waals surface area contributed by atoms with Crippen molar-refractivity contribution >= 4 is 92.8 Å². The van der Waals surface area contributed by atoms with Crippen LogP contribution >= 0.6 is 92.8 Å². The van der Waals surface area contributed by atoms with Gasteiger partial charge in [0.25, 0.3) is 0 Å². The molecule has 9 heteroatoms. The van der Waals surface area contributed by atoms with Crippen LogP contribution in [0.5, 0.6) is 0 Å². The fourth-order valence-electron chi connectivity index (χ4n) is 2.59. The van der Waals surface area contributed by atoms with Crippen LogP contribution in [-0.4, -0.2) is 4.98 Å². The van der Waals surface area contributed by atoms with Crippen LogP contribution < -0.4 is 0 Å². The molecule has 0 fully saturated rings. The van der Waals surface area contributed by atoms with Crippen molar-refractivity contribution in [3.05, 3.63) is 99.4 Å². The molecule has 0 aliphatic rings. The van der Waals surface area contributed by atoms with Crippen molar-refractivity contribution in [2.45, 2.75) is 0 Å². The maximum Gasteiger partial charge on any atom is 0.0721 e. The fourth-order valence-corrected chi connectivity index (χ4v) is 5.15. The Morgan fingerprint density at radius 2 is 0.778 bits per heavy atom. The third kappa shape index (κ3) is 4.42. The number of halogens is 8. The van der Waals surface area contributed by atoms with Crippen LogP contribution in [0.4, 0.5) is 0 Å². The molecule has 0 aliphatic heterocycles. The summed E-state index contributed by atoms with van der Waals surface area (Å²) in [4.78, 5) is 3.98. The molecule has 27 heavy (non-hydrogen) atoms. The molecule has 0 amide bonds. The minimum absolute atomic E-state index is 0.265. The Morgan fingerprint density at radius 1 is 0.481 bits per heavy atom. The summed E-state index contributed by atoms with van der Waals surface area (Å²) in [6.45, 7) is 0. The van der Waals surface area contributed by atoms with Crippen molar-refractivity contribution in [2.24, 2.45) is 0 Å². The van der Waals surface area contributed by atoms with Crippen LogP contribution in [-0.2, 0) is 0 Å². The zero-order chi connectivity index (χ0) is 19.9. The van der Waals surface area contributed by atoms with Crippen LogP contribution in [0.1, 0.15) is 16.7 Å². The lowest BCUT2D eigenvalue weighted by atomic mass is 9.85. The zero-order valence-electron chi connectivity index (χ0n) is 12.9. The summed E-state index contributed by atoms with van der Waals surface area (Å²) in [5.41, 5.74) is 1.26. The SMILES string of the molecule is Clc1cc(Cl)c([C](c2c(Cl)cncc2Cl)c2c(Cl)cc(Cl)cc2Cl)c(Cl)c1. The van der Waals surface area contributed by atoms with Crippen LogP contribution in [0.25, 0.3) is 0 Å². The van der Waals surface area contributed by atoms with E-state index in [1.807, 2.05) is 0 Å². The highest BCUT2D eigenvalue weighted by atomic mass is 35.5. The van der Waals surface area contributed by atoms with Gasteiger partial charge in [0.2, 0.25) is 0 Å². The largest absolute Gasteiger partial charge is 0.262 e. The average Bonchev–Trinajstić information content (AvgIpc) is 2.52. The lowest BCUT2D eigenvalue weighted by Gasteiger charge is -2.24. The second-order valence-corrected chi connectivity index (χ2v) is 8.66. The Morgan fingerprint density at radius 3 is 1.11 bits per heavy atom. The molecule has 1 aromatic heterocycles. The number of nitrogens with zero attached hydrogens (tertiary/aromatic N) is 1. The van der Waals surface area contributed by atoms with Crippen molar-refractivity contribution in [2.75, 3.05) is 0 Å². The van der Waals surface area contributed by atoms with Crippen molar-refractivity contribution < 1.29 is 0 Å². The molecule has 0 saturated heterocycles. The Labute approximate surface area is 196 Å². The standard InChI is InChI=1S/C18H6Cl8N/c19-7-1-9(21)15(10(22)2-7)18(17-13(25)5-27-6-14(17)26)16-11(23)3-8(20)4-12(16)24/h1-6H. The number of hydrogen-bond donors (Lipinski definition) is 0. The Kier molecular flexibility index (Phi) is 6.99. The molecule has 139 valence electrons. The molecule has 0 aliphatic carbocycles. The molecule has 3 aromatic rings. The molecule has 0 N–H and O–H groups in total. The predicted octanol–water partition coefficient (Wildman–Crippen LogP) is 9.33. The maximum absolute atomic E-state index is 6.47. The summed E-state index contributed by atoms with van der Waals surface area (Å²) in [6.07, 6.45) is 2.89. The molecule has 1 heterocycles. The van der Waals surface area contributed by atoms with E-state index in [1.165, 1.54) is 12.4 Å². The number of benzene rings is 2. The van der Waals surface area contributed by atoms with Gasteiger partial charge >= 0.3 is 0 Å². The van der Waals surface area contributed by atoms with Gasteiger partial charge in [-0.15, -0.1) is 0 Å². The molecular formula is C18H6Cl8N. The maximum atomic E-state index is 6.47. The van der Waals surface area contributed by atoms with Gasteiger partial charge in [-0.1, -0.05) is 92.8 Å². The summed E-state index contributed by atoms with van der Waals surface area (Å²) in [7, 11) is 0. The van der Waals surface area contributed by atoms with E-state index in [0.717, 1.165) is 0 Å². The molecular weight excluding hydrogens is 514 g/mol. The molecule has 2 aromatic carbocycles. The highest BCUT2D eigenvalue weighted by molar-refractivity contribution is 6.42. The van der Waals surface area contributed by atoms with E-state index in [9.17, 15) is 0 Å². The lowest BCUT2D eigenvalue weighted by molar-refractivity contribution is 1.20. The van der Waals surface area contributed by atoms with Gasteiger partial charge in [-0.3, -0.25) is 4.98 Å². The summed E-state index contributed by atoms with van der Waals surface area (Å²) in [5.74, 6) is 0.436. The van der Waals surface area contributed by atoms with Gasteiger partial charge in [-0.25, -0.2) is 0 Å². The smallest absolute Gasteiger partial charge is 0.0721 e. The van der Waals surface area contributed by atoms with Crippen molar-refractivity contribution in [3.63, 3.8) is 0 Å². The molecule has 1 nitrogen and oxygen atoms in total. The monoisotopic (exact) mass is 516 g/mol. The highest BCUT2D eigenvalue weighted by Gasteiger charge is 2.31. The third-order valence-electron chi connectivity index (χ3n) is 3.62. The quantitative estimate of drug-likeness (QED) is 0.336. The molecule has 0 bridgehead atoms. The first-order chi connectivity index (χ1) is 12.7. The number of rotatable bonds is 3. The Hall–Kier alpha value is -0.0900. The van der Waals surface area contributed by atoms with E-state index in [4.69, 9.17) is 92.8 Å². The number of pyridine rings is 1. The van der Waals surface area contributed by atoms with Crippen LogP contribution in [0.2, 0.25) is 40.2 Å². The fraction of sp³-hybridized carbons (Fsp3) is 0. The first kappa shape index (κ1) is 21.6. The van der Waals surface area contributed by atoms with E-state index in [0.29, 0.717) is 32.7 Å². The van der Waals surface area contributed by atoms with Crippen LogP contribution in [0.15, 0.2) is 36.7 Å². The third-order valence-corrected chi connectivity index (χ3v) is 5.82. The minimum atomic E-state index is 0.265. The number of aromatic nitrogens is 1. The highest BCUT2D eigenvalue weighted by Crippen LogP contribution is 2.48. The van der Waals surface area contributed by atoms with Gasteiger partial charge in [0.15, 0.2) is 0 Å². The summed E-state index contributed by atoms with van der Waals surface area (Å²) >= 11 is 50.8. The van der Waals surface area contributed by atoms with E-state index in [-0.39, 0.29) is 30.1 Å². The van der Waals surface area contributed by atoms with Gasteiger partial charge in [-0.05, 0) is 24.3 Å². The van der Waals surface area contributed by atoms with Crippen molar-refractivity contribution in [3.8, 4) is 0 Å². The van der Waals surface area contributed by atoms with E-state index >= 15 is 0 Å². The van der Waals surface area contributed by atoms with Crippen LogP contribution in [0.3, 0.4) is 0 Å². The molecule has 1 radical (unpaired) electrons. The number of hydrogen-bond acceptors (Lipinski definition) is 1. The van der Waals surface area contributed by atoms with E-state index in [1.54, 1.807) is 24.3 Å². The molecule has 0 atom stereocenters. The summed E-state index contributed by atoms with van der Waals surface area (Å²) < 4.78 is 0. The zero-order valence-corrected chi connectivity index (χ0v) is 19.0. The summed E-state index contributed by atoms with van der Waals surface area (Å²) in [6, 6.07) is 6.19. The summed E-state index contributed by atoms with van der Waals surface area (Å²) in [5, 5.41) is 2.36. The minimum Gasteiger partial charge on any atom is -0.262 e. The average molecular weight is 520 g/mol. The molecule has 0 unspecified atom stereocenters. The second-order valence-electron chi connectivity index (χ2n) is 5.34. The Bertz CT molecular complexity index is 910. The molecule has 0 spiro atoms. The second kappa shape index (κ2) is 8.73. The molecule has 0 saturated carbocycles. The predicted molar refractivity (Wildman–Crippen MR) is 118 cm³/mol. The van der Waals surface area contributed by atoms with Crippen molar-refractivity contribution in [1.82, 2.24) is 4.98 Å². The normalized spacial score (nSPS) is 11.3. The topological polar surface area (TPSA) is 12.9 Å². The van der Waals surface area contributed by atoms with Gasteiger partial charge in [0, 0.05) is 59.2 Å². The van der Waals surface area contributed by atoms with E-state index in [2.05, 4.69) is 4.98 Å². The first-order valence-corrected chi connectivity index (χ1v) is 10.2. The van der Waals surface area contributed by atoms with Crippen molar-refractivity contribution in [1.29, 1.82) is 0 Å².